The van der Waals surface area contributed by atoms with Gasteiger partial charge >= 0.3 is 6.09 Å². The number of carbonyl (C=O) groups is 1. The van der Waals surface area contributed by atoms with Crippen molar-refractivity contribution in [1.82, 2.24) is 14.9 Å². The molecule has 7 heteroatoms. The normalized spacial score (nSPS) is 27.1. The minimum atomic E-state index is -0.459. The van der Waals surface area contributed by atoms with Gasteiger partial charge in [-0.25, -0.2) is 14.8 Å². The monoisotopic (exact) mass is 368 g/mol. The number of amides is 1. The maximum Gasteiger partial charge on any atom is 0.410 e. The quantitative estimate of drug-likeness (QED) is 0.867. The van der Waals surface area contributed by atoms with Crippen LogP contribution in [-0.2, 0) is 4.74 Å². The fourth-order valence-electron chi connectivity index (χ4n) is 3.32. The smallest absolute Gasteiger partial charge is 0.410 e. The summed E-state index contributed by atoms with van der Waals surface area (Å²) >= 11 is 3.28. The summed E-state index contributed by atoms with van der Waals surface area (Å²) in [5.74, 6) is 0.741. The van der Waals surface area contributed by atoms with Crippen molar-refractivity contribution in [2.24, 2.45) is 0 Å². The topological polar surface area (TPSA) is 67.3 Å². The van der Waals surface area contributed by atoms with Gasteiger partial charge in [-0.15, -0.1) is 0 Å². The summed E-state index contributed by atoms with van der Waals surface area (Å²) in [6.07, 6.45) is 6.15. The lowest BCUT2D eigenvalue weighted by Gasteiger charge is -2.28. The second kappa shape index (κ2) is 5.68. The van der Waals surface area contributed by atoms with E-state index in [0.717, 1.165) is 25.1 Å². The zero-order valence-corrected chi connectivity index (χ0v) is 14.6. The van der Waals surface area contributed by atoms with E-state index in [1.54, 1.807) is 12.4 Å². The maximum atomic E-state index is 12.4. The van der Waals surface area contributed by atoms with Crippen LogP contribution >= 0.6 is 15.9 Å². The zero-order valence-electron chi connectivity index (χ0n) is 13.0. The fourth-order valence-corrected chi connectivity index (χ4v) is 3.52. The van der Waals surface area contributed by atoms with Gasteiger partial charge in [0.05, 0.1) is 24.5 Å². The summed E-state index contributed by atoms with van der Waals surface area (Å²) in [7, 11) is 0. The number of aromatic nitrogens is 2. The lowest BCUT2D eigenvalue weighted by molar-refractivity contribution is 0.0214. The van der Waals surface area contributed by atoms with E-state index in [-0.39, 0.29) is 24.2 Å². The van der Waals surface area contributed by atoms with Crippen molar-refractivity contribution in [2.45, 2.75) is 63.8 Å². The fraction of sp³-hybridized carbons (Fsp3) is 0.667. The molecule has 6 nitrogen and oxygen atoms in total. The van der Waals surface area contributed by atoms with Gasteiger partial charge in [0.1, 0.15) is 16.0 Å². The summed E-state index contributed by atoms with van der Waals surface area (Å²) in [5.41, 5.74) is -0.459. The highest BCUT2D eigenvalue weighted by atomic mass is 79.9. The van der Waals surface area contributed by atoms with Gasteiger partial charge in [0.15, 0.2) is 0 Å². The third-order valence-electron chi connectivity index (χ3n) is 4.09. The van der Waals surface area contributed by atoms with Crippen LogP contribution in [0, 0.1) is 0 Å². The molecule has 0 radical (unpaired) electrons. The SMILES string of the molecule is CC(C)(C)OC(=O)N1C2CCC1C(Nc1cnc(Br)cn1)C2. The van der Waals surface area contributed by atoms with E-state index >= 15 is 0 Å². The van der Waals surface area contributed by atoms with Crippen molar-refractivity contribution in [3.05, 3.63) is 17.0 Å². The van der Waals surface area contributed by atoms with Crippen LogP contribution in [0.1, 0.15) is 40.0 Å². The average Bonchev–Trinajstić information content (AvgIpc) is 2.97. The van der Waals surface area contributed by atoms with Crippen molar-refractivity contribution in [2.75, 3.05) is 5.32 Å². The first-order chi connectivity index (χ1) is 10.3. The van der Waals surface area contributed by atoms with Gasteiger partial charge in [-0.1, -0.05) is 0 Å². The van der Waals surface area contributed by atoms with Crippen LogP contribution in [0.25, 0.3) is 0 Å². The Morgan fingerprint density at radius 1 is 1.36 bits per heavy atom. The van der Waals surface area contributed by atoms with Crippen molar-refractivity contribution in [3.63, 3.8) is 0 Å². The largest absolute Gasteiger partial charge is 0.444 e. The van der Waals surface area contributed by atoms with E-state index in [1.807, 2.05) is 25.7 Å². The van der Waals surface area contributed by atoms with E-state index in [9.17, 15) is 4.79 Å². The van der Waals surface area contributed by atoms with Gasteiger partial charge in [-0.2, -0.15) is 0 Å². The summed E-state index contributed by atoms with van der Waals surface area (Å²) in [6.45, 7) is 5.70. The predicted octanol–water partition coefficient (Wildman–Crippen LogP) is 3.19. The first kappa shape index (κ1) is 15.5. The van der Waals surface area contributed by atoms with Gasteiger partial charge in [-0.3, -0.25) is 0 Å². The molecule has 3 heterocycles. The molecule has 0 saturated carbocycles. The molecule has 0 aromatic carbocycles. The Labute approximate surface area is 138 Å². The number of halogens is 1. The summed E-state index contributed by atoms with van der Waals surface area (Å²) in [6, 6.07) is 0.646. The maximum absolute atomic E-state index is 12.4. The van der Waals surface area contributed by atoms with Gasteiger partial charge < -0.3 is 15.0 Å². The highest BCUT2D eigenvalue weighted by molar-refractivity contribution is 9.10. The number of rotatable bonds is 2. The molecular weight excluding hydrogens is 348 g/mol. The molecule has 22 heavy (non-hydrogen) atoms. The van der Waals surface area contributed by atoms with E-state index in [0.29, 0.717) is 4.60 Å². The van der Waals surface area contributed by atoms with Gasteiger partial charge in [0.2, 0.25) is 0 Å². The van der Waals surface area contributed by atoms with Gasteiger partial charge in [0.25, 0.3) is 0 Å². The number of anilines is 1. The number of ether oxygens (including phenoxy) is 1. The molecule has 2 aliphatic heterocycles. The minimum Gasteiger partial charge on any atom is -0.444 e. The van der Waals surface area contributed by atoms with E-state index in [4.69, 9.17) is 4.74 Å². The molecule has 1 aromatic rings. The standard InChI is InChI=1S/C15H21BrN4O2/c1-15(2,3)22-14(21)20-9-4-5-11(20)10(6-9)19-13-8-17-12(16)7-18-13/h7-11H,4-6H2,1-3H3,(H,18,19). The lowest BCUT2D eigenvalue weighted by atomic mass is 9.95. The third-order valence-corrected chi connectivity index (χ3v) is 4.50. The summed E-state index contributed by atoms with van der Waals surface area (Å²) in [4.78, 5) is 22.8. The zero-order chi connectivity index (χ0) is 15.9. The molecule has 2 fully saturated rings. The van der Waals surface area contributed by atoms with Crippen LogP contribution in [0.5, 0.6) is 0 Å². The van der Waals surface area contributed by atoms with Crippen molar-refractivity contribution in [3.8, 4) is 0 Å². The molecule has 3 unspecified atom stereocenters. The molecule has 3 rings (SSSR count). The van der Waals surface area contributed by atoms with Crippen LogP contribution in [0.3, 0.4) is 0 Å². The average molecular weight is 369 g/mol. The molecule has 3 atom stereocenters. The Hall–Kier alpha value is -1.37. The Kier molecular flexibility index (Phi) is 4.01. The van der Waals surface area contributed by atoms with Crippen LogP contribution < -0.4 is 5.32 Å². The lowest BCUT2D eigenvalue weighted by Crippen LogP contribution is -2.42. The van der Waals surface area contributed by atoms with Crippen LogP contribution in [0.15, 0.2) is 17.0 Å². The molecule has 2 saturated heterocycles. The van der Waals surface area contributed by atoms with Crippen LogP contribution in [-0.4, -0.2) is 44.7 Å². The molecule has 1 amide bonds. The minimum absolute atomic E-state index is 0.172. The highest BCUT2D eigenvalue weighted by Crippen LogP contribution is 2.39. The van der Waals surface area contributed by atoms with E-state index in [1.165, 1.54) is 0 Å². The number of hydrogen-bond donors (Lipinski definition) is 1. The van der Waals surface area contributed by atoms with Crippen molar-refractivity contribution < 1.29 is 9.53 Å². The van der Waals surface area contributed by atoms with Gasteiger partial charge in [0, 0.05) is 6.04 Å². The second-order valence-electron chi connectivity index (χ2n) is 6.90. The molecule has 2 bridgehead atoms. The summed E-state index contributed by atoms with van der Waals surface area (Å²) < 4.78 is 6.25. The van der Waals surface area contributed by atoms with Crippen LogP contribution in [0.4, 0.5) is 10.6 Å². The molecule has 120 valence electrons. The van der Waals surface area contributed by atoms with Crippen molar-refractivity contribution in [1.29, 1.82) is 0 Å². The Balaban J connectivity index is 1.67. The first-order valence-corrected chi connectivity index (χ1v) is 8.38. The molecule has 1 aromatic heterocycles. The molecule has 2 aliphatic rings. The highest BCUT2D eigenvalue weighted by Gasteiger charge is 2.50. The number of nitrogens with one attached hydrogen (secondary N) is 1. The number of hydrogen-bond acceptors (Lipinski definition) is 5. The van der Waals surface area contributed by atoms with Crippen molar-refractivity contribution >= 4 is 27.8 Å². The van der Waals surface area contributed by atoms with Gasteiger partial charge in [-0.05, 0) is 56.0 Å². The van der Waals surface area contributed by atoms with E-state index in [2.05, 4.69) is 31.2 Å². The third kappa shape index (κ3) is 3.19. The van der Waals surface area contributed by atoms with E-state index < -0.39 is 5.60 Å². The molecule has 0 aliphatic carbocycles. The number of carbonyl (C=O) groups excluding carboxylic acids is 1. The summed E-state index contributed by atoms with van der Waals surface area (Å²) in [5, 5.41) is 3.40. The Morgan fingerprint density at radius 3 is 2.77 bits per heavy atom. The Morgan fingerprint density at radius 2 is 2.14 bits per heavy atom. The molecule has 1 N–H and O–H groups in total. The second-order valence-corrected chi connectivity index (χ2v) is 7.71. The molecular formula is C15H21BrN4O2. The van der Waals surface area contributed by atoms with Crippen LogP contribution in [0.2, 0.25) is 0 Å². The number of fused-ring (bicyclic) bond motifs is 2. The molecule has 0 spiro atoms. The number of nitrogens with zero attached hydrogens (tertiary/aromatic N) is 3. The Bertz CT molecular complexity index is 558. The first-order valence-electron chi connectivity index (χ1n) is 7.59. The predicted molar refractivity (Wildman–Crippen MR) is 86.6 cm³/mol.